The topological polar surface area (TPSA) is 117 Å². The molecule has 28 heavy (non-hydrogen) atoms. The lowest BCUT2D eigenvalue weighted by molar-refractivity contribution is 0.0725. The average molecular weight is 390 g/mol. The zero-order valence-electron chi connectivity index (χ0n) is 16.1. The number of rotatable bonds is 6. The molecule has 2 aromatic heterocycles. The third-order valence-corrected chi connectivity index (χ3v) is 3.38. The standard InChI is InChI=1S/C19H22N2O7/c1-11(2)26-19(24)28-17-13(4)21-12(3)16(27-18(23)25-10-9-22)15(17)14-7-5-6-8-20-14/h5-8,11,22H,9-10H2,1-4H3. The number of ether oxygens (including phenoxy) is 4. The summed E-state index contributed by atoms with van der Waals surface area (Å²) in [5, 5.41) is 8.79. The van der Waals surface area contributed by atoms with Gasteiger partial charge >= 0.3 is 12.3 Å². The second-order valence-corrected chi connectivity index (χ2v) is 5.97. The lowest BCUT2D eigenvalue weighted by Crippen LogP contribution is -2.18. The summed E-state index contributed by atoms with van der Waals surface area (Å²) in [4.78, 5) is 32.5. The number of aliphatic hydroxyl groups is 1. The molecular weight excluding hydrogens is 368 g/mol. The van der Waals surface area contributed by atoms with Crippen LogP contribution in [-0.2, 0) is 9.47 Å². The van der Waals surface area contributed by atoms with Gasteiger partial charge in [0.2, 0.25) is 0 Å². The number of pyridine rings is 2. The number of carbonyl (C=O) groups excluding carboxylic acids is 2. The van der Waals surface area contributed by atoms with E-state index < -0.39 is 12.3 Å². The Hall–Kier alpha value is -3.20. The molecule has 0 aliphatic rings. The van der Waals surface area contributed by atoms with Gasteiger partial charge in [-0.2, -0.15) is 0 Å². The predicted octanol–water partition coefficient (Wildman–Crippen LogP) is 3.19. The summed E-state index contributed by atoms with van der Waals surface area (Å²) in [6.07, 6.45) is -0.788. The number of nitrogens with zero attached hydrogens (tertiary/aromatic N) is 2. The molecule has 0 radical (unpaired) electrons. The monoisotopic (exact) mass is 390 g/mol. The third kappa shape index (κ3) is 5.40. The number of aliphatic hydroxyl groups excluding tert-OH is 1. The van der Waals surface area contributed by atoms with Crippen LogP contribution in [0, 0.1) is 13.8 Å². The van der Waals surface area contributed by atoms with Gasteiger partial charge in [0.25, 0.3) is 0 Å². The van der Waals surface area contributed by atoms with Crippen molar-refractivity contribution in [3.63, 3.8) is 0 Å². The Labute approximate surface area is 162 Å². The Morgan fingerprint density at radius 2 is 1.71 bits per heavy atom. The molecule has 2 aromatic rings. The van der Waals surface area contributed by atoms with E-state index >= 15 is 0 Å². The summed E-state index contributed by atoms with van der Waals surface area (Å²) in [6.45, 7) is 6.08. The molecule has 2 rings (SSSR count). The van der Waals surface area contributed by atoms with Gasteiger partial charge in [-0.3, -0.25) is 9.97 Å². The van der Waals surface area contributed by atoms with Crippen LogP contribution in [0.2, 0.25) is 0 Å². The molecule has 0 aliphatic carbocycles. The molecular formula is C19H22N2O7. The summed E-state index contributed by atoms with van der Waals surface area (Å²) in [5.41, 5.74) is 1.40. The molecule has 0 saturated carbocycles. The lowest BCUT2D eigenvalue weighted by Gasteiger charge is -2.18. The van der Waals surface area contributed by atoms with E-state index in [1.54, 1.807) is 52.1 Å². The van der Waals surface area contributed by atoms with E-state index in [0.717, 1.165) is 0 Å². The fraction of sp³-hybridized carbons (Fsp3) is 0.368. The van der Waals surface area contributed by atoms with Crippen LogP contribution < -0.4 is 9.47 Å². The van der Waals surface area contributed by atoms with Crippen LogP contribution >= 0.6 is 0 Å². The van der Waals surface area contributed by atoms with E-state index in [1.165, 1.54) is 0 Å². The fourth-order valence-corrected chi connectivity index (χ4v) is 2.35. The molecule has 1 N–H and O–H groups in total. The molecule has 150 valence electrons. The van der Waals surface area contributed by atoms with Crippen LogP contribution in [0.3, 0.4) is 0 Å². The summed E-state index contributed by atoms with van der Waals surface area (Å²) in [7, 11) is 0. The highest BCUT2D eigenvalue weighted by Crippen LogP contribution is 2.41. The highest BCUT2D eigenvalue weighted by atomic mass is 16.7. The minimum atomic E-state index is -1.03. The molecule has 0 saturated heterocycles. The molecule has 0 spiro atoms. The molecule has 9 nitrogen and oxygen atoms in total. The Bertz CT molecular complexity index is 838. The van der Waals surface area contributed by atoms with Gasteiger partial charge in [0.05, 0.1) is 35.4 Å². The van der Waals surface area contributed by atoms with Crippen molar-refractivity contribution < 1.29 is 33.6 Å². The molecule has 0 amide bonds. The molecule has 0 unspecified atom stereocenters. The maximum absolute atomic E-state index is 12.1. The van der Waals surface area contributed by atoms with Crippen LogP contribution in [0.5, 0.6) is 11.5 Å². The van der Waals surface area contributed by atoms with Gasteiger partial charge in [0, 0.05) is 6.20 Å². The maximum atomic E-state index is 12.1. The van der Waals surface area contributed by atoms with Gasteiger partial charge in [0.1, 0.15) is 6.61 Å². The normalized spacial score (nSPS) is 10.5. The van der Waals surface area contributed by atoms with E-state index in [-0.39, 0.29) is 36.4 Å². The van der Waals surface area contributed by atoms with Gasteiger partial charge in [-0.1, -0.05) is 6.07 Å². The summed E-state index contributed by atoms with van der Waals surface area (Å²) >= 11 is 0. The van der Waals surface area contributed by atoms with E-state index in [0.29, 0.717) is 17.1 Å². The molecule has 0 aliphatic heterocycles. The first-order valence-corrected chi connectivity index (χ1v) is 8.60. The number of hydrogen-bond donors (Lipinski definition) is 1. The van der Waals surface area contributed by atoms with Gasteiger partial charge in [-0.05, 0) is 39.8 Å². The zero-order valence-corrected chi connectivity index (χ0v) is 16.1. The second kappa shape index (κ2) is 9.65. The number of aryl methyl sites for hydroxylation is 2. The smallest absolute Gasteiger partial charge is 0.432 e. The number of aromatic nitrogens is 2. The van der Waals surface area contributed by atoms with E-state index in [9.17, 15) is 9.59 Å². The third-order valence-electron chi connectivity index (χ3n) is 3.38. The highest BCUT2D eigenvalue weighted by Gasteiger charge is 2.26. The van der Waals surface area contributed by atoms with Gasteiger partial charge in [-0.15, -0.1) is 0 Å². The average Bonchev–Trinajstić information content (AvgIpc) is 2.64. The maximum Gasteiger partial charge on any atom is 0.514 e. The Morgan fingerprint density at radius 1 is 1.07 bits per heavy atom. The molecule has 0 atom stereocenters. The van der Waals surface area contributed by atoms with Gasteiger partial charge in [0.15, 0.2) is 11.5 Å². The van der Waals surface area contributed by atoms with E-state index in [2.05, 4.69) is 9.97 Å². The quantitative estimate of drug-likeness (QED) is 0.742. The van der Waals surface area contributed by atoms with Crippen molar-refractivity contribution in [1.29, 1.82) is 0 Å². The molecule has 2 heterocycles. The van der Waals surface area contributed by atoms with Gasteiger partial charge < -0.3 is 24.1 Å². The largest absolute Gasteiger partial charge is 0.514 e. The van der Waals surface area contributed by atoms with Crippen molar-refractivity contribution >= 4 is 12.3 Å². The fourth-order valence-electron chi connectivity index (χ4n) is 2.35. The number of carbonyl (C=O) groups is 2. The van der Waals surface area contributed by atoms with Crippen LogP contribution in [0.25, 0.3) is 11.3 Å². The molecule has 0 fully saturated rings. The molecule has 0 aromatic carbocycles. The van der Waals surface area contributed by atoms with Crippen molar-refractivity contribution in [3.8, 4) is 22.8 Å². The van der Waals surface area contributed by atoms with Crippen LogP contribution in [0.4, 0.5) is 9.59 Å². The summed E-state index contributed by atoms with van der Waals surface area (Å²) in [5.74, 6) is 0.0829. The first-order chi connectivity index (χ1) is 13.3. The Balaban J connectivity index is 2.55. The zero-order chi connectivity index (χ0) is 20.7. The number of hydrogen-bond acceptors (Lipinski definition) is 9. The van der Waals surface area contributed by atoms with Crippen molar-refractivity contribution in [1.82, 2.24) is 9.97 Å². The minimum Gasteiger partial charge on any atom is -0.432 e. The van der Waals surface area contributed by atoms with Crippen molar-refractivity contribution in [3.05, 3.63) is 35.8 Å². The second-order valence-electron chi connectivity index (χ2n) is 5.97. The Morgan fingerprint density at radius 3 is 2.25 bits per heavy atom. The van der Waals surface area contributed by atoms with Gasteiger partial charge in [-0.25, -0.2) is 9.59 Å². The van der Waals surface area contributed by atoms with Crippen molar-refractivity contribution in [2.24, 2.45) is 0 Å². The highest BCUT2D eigenvalue weighted by molar-refractivity contribution is 5.81. The summed E-state index contributed by atoms with van der Waals surface area (Å²) in [6, 6.07) is 5.12. The minimum absolute atomic E-state index is 0.0274. The first kappa shape index (κ1) is 21.1. The first-order valence-electron chi connectivity index (χ1n) is 8.60. The van der Waals surface area contributed by atoms with E-state index in [1.807, 2.05) is 0 Å². The molecule has 9 heteroatoms. The van der Waals surface area contributed by atoms with Crippen LogP contribution in [0.1, 0.15) is 25.2 Å². The predicted molar refractivity (Wildman–Crippen MR) is 98.2 cm³/mol. The van der Waals surface area contributed by atoms with E-state index in [4.69, 9.17) is 24.1 Å². The Kier molecular flexibility index (Phi) is 7.28. The van der Waals surface area contributed by atoms with Crippen molar-refractivity contribution in [2.45, 2.75) is 33.8 Å². The lowest BCUT2D eigenvalue weighted by atomic mass is 10.1. The molecule has 0 bridgehead atoms. The SMILES string of the molecule is Cc1nc(C)c(OC(=O)OC(C)C)c(-c2ccccn2)c1OC(=O)OCCO. The van der Waals surface area contributed by atoms with Crippen LogP contribution in [-0.4, -0.2) is 46.7 Å². The van der Waals surface area contributed by atoms with Crippen molar-refractivity contribution in [2.75, 3.05) is 13.2 Å². The van der Waals surface area contributed by atoms with Crippen LogP contribution in [0.15, 0.2) is 24.4 Å². The summed E-state index contributed by atoms with van der Waals surface area (Å²) < 4.78 is 20.4.